The molecular formula is C11H9FO5. The second-order valence-corrected chi connectivity index (χ2v) is 3.23. The summed E-state index contributed by atoms with van der Waals surface area (Å²) < 4.78 is 28.0. The number of rotatable bonds is 3. The van der Waals surface area contributed by atoms with E-state index in [0.717, 1.165) is 12.1 Å². The summed E-state index contributed by atoms with van der Waals surface area (Å²) in [5.41, 5.74) is -0.382. The molecule has 2 rings (SSSR count). The van der Waals surface area contributed by atoms with Gasteiger partial charge in [0, 0.05) is 6.07 Å². The number of benzene rings is 1. The van der Waals surface area contributed by atoms with E-state index in [0.29, 0.717) is 0 Å². The lowest BCUT2D eigenvalue weighted by Gasteiger charge is -2.03. The Morgan fingerprint density at radius 3 is 2.65 bits per heavy atom. The predicted molar refractivity (Wildman–Crippen MR) is 53.5 cm³/mol. The van der Waals surface area contributed by atoms with Gasteiger partial charge in [-0.15, -0.1) is 0 Å². The van der Waals surface area contributed by atoms with E-state index in [9.17, 15) is 14.0 Å². The van der Waals surface area contributed by atoms with Crippen LogP contribution in [0.25, 0.3) is 0 Å². The van der Waals surface area contributed by atoms with Crippen molar-refractivity contribution in [3.63, 3.8) is 0 Å². The maximum atomic E-state index is 13.5. The van der Waals surface area contributed by atoms with Crippen molar-refractivity contribution in [3.05, 3.63) is 23.5 Å². The lowest BCUT2D eigenvalue weighted by Crippen LogP contribution is -2.18. The van der Waals surface area contributed by atoms with Gasteiger partial charge in [0.05, 0.1) is 12.2 Å². The minimum atomic E-state index is -1.09. The first-order chi connectivity index (χ1) is 8.13. The molecule has 0 fully saturated rings. The van der Waals surface area contributed by atoms with Crippen LogP contribution in [0.4, 0.5) is 4.39 Å². The molecule has 0 saturated heterocycles. The zero-order valence-electron chi connectivity index (χ0n) is 8.99. The average Bonchev–Trinajstić information content (AvgIpc) is 2.74. The third-order valence-corrected chi connectivity index (χ3v) is 2.17. The molecule has 0 amide bonds. The molecular weight excluding hydrogens is 231 g/mol. The zero-order chi connectivity index (χ0) is 12.4. The van der Waals surface area contributed by atoms with Crippen molar-refractivity contribution in [1.82, 2.24) is 0 Å². The average molecular weight is 240 g/mol. The van der Waals surface area contributed by atoms with Gasteiger partial charge in [-0.1, -0.05) is 0 Å². The maximum Gasteiger partial charge on any atom is 0.379 e. The molecule has 1 aliphatic heterocycles. The van der Waals surface area contributed by atoms with E-state index >= 15 is 0 Å². The third kappa shape index (κ3) is 2.06. The van der Waals surface area contributed by atoms with Crippen molar-refractivity contribution in [2.24, 2.45) is 0 Å². The number of carbonyl (C=O) groups excluding carboxylic acids is 2. The van der Waals surface area contributed by atoms with E-state index in [1.165, 1.54) is 0 Å². The number of ether oxygens (including phenoxy) is 3. The van der Waals surface area contributed by atoms with Gasteiger partial charge >= 0.3 is 5.97 Å². The number of Topliss-reactive ketones (excluding diaryl/α,β-unsaturated/α-hetero) is 1. The summed E-state index contributed by atoms with van der Waals surface area (Å²) in [6.45, 7) is 1.57. The number of esters is 1. The summed E-state index contributed by atoms with van der Waals surface area (Å²) >= 11 is 0. The molecule has 1 heterocycles. The highest BCUT2D eigenvalue weighted by Crippen LogP contribution is 2.34. The van der Waals surface area contributed by atoms with E-state index in [-0.39, 0.29) is 30.5 Å². The van der Waals surface area contributed by atoms with E-state index in [4.69, 9.17) is 9.47 Å². The van der Waals surface area contributed by atoms with Crippen LogP contribution in [0, 0.1) is 5.82 Å². The SMILES string of the molecule is CCOC(=O)C(=O)c1cc2c(cc1F)OCO2. The van der Waals surface area contributed by atoms with Crippen molar-refractivity contribution in [2.75, 3.05) is 13.4 Å². The normalized spacial score (nSPS) is 12.4. The highest BCUT2D eigenvalue weighted by Gasteiger charge is 2.25. The molecule has 0 unspecified atom stereocenters. The molecule has 0 bridgehead atoms. The van der Waals surface area contributed by atoms with Crippen LogP contribution in [0.15, 0.2) is 12.1 Å². The summed E-state index contributed by atoms with van der Waals surface area (Å²) in [6, 6.07) is 2.14. The molecule has 17 heavy (non-hydrogen) atoms. The fourth-order valence-electron chi connectivity index (χ4n) is 1.40. The predicted octanol–water partition coefficient (Wildman–Crippen LogP) is 1.30. The summed E-state index contributed by atoms with van der Waals surface area (Å²) in [7, 11) is 0. The second-order valence-electron chi connectivity index (χ2n) is 3.23. The third-order valence-electron chi connectivity index (χ3n) is 2.17. The first kappa shape index (κ1) is 11.4. The van der Waals surface area contributed by atoms with Gasteiger partial charge in [0.25, 0.3) is 5.78 Å². The largest absolute Gasteiger partial charge is 0.460 e. The Morgan fingerprint density at radius 2 is 2.00 bits per heavy atom. The van der Waals surface area contributed by atoms with Crippen LogP contribution in [0.2, 0.25) is 0 Å². The lowest BCUT2D eigenvalue weighted by molar-refractivity contribution is -0.137. The van der Waals surface area contributed by atoms with E-state index in [1.807, 2.05) is 0 Å². The monoisotopic (exact) mass is 240 g/mol. The highest BCUT2D eigenvalue weighted by atomic mass is 19.1. The Kier molecular flexibility index (Phi) is 2.95. The number of hydrogen-bond donors (Lipinski definition) is 0. The Hall–Kier alpha value is -2.11. The van der Waals surface area contributed by atoms with Crippen molar-refractivity contribution < 1.29 is 28.2 Å². The van der Waals surface area contributed by atoms with Gasteiger partial charge in [0.2, 0.25) is 6.79 Å². The van der Waals surface area contributed by atoms with Crippen LogP contribution in [0.5, 0.6) is 11.5 Å². The molecule has 0 aliphatic carbocycles. The Labute approximate surface area is 96.1 Å². The van der Waals surface area contributed by atoms with Gasteiger partial charge in [-0.25, -0.2) is 9.18 Å². The molecule has 1 aliphatic rings. The van der Waals surface area contributed by atoms with Gasteiger partial charge < -0.3 is 14.2 Å². The molecule has 5 nitrogen and oxygen atoms in total. The van der Waals surface area contributed by atoms with E-state index < -0.39 is 17.6 Å². The molecule has 0 radical (unpaired) electrons. The van der Waals surface area contributed by atoms with Gasteiger partial charge in [0.15, 0.2) is 11.5 Å². The molecule has 0 N–H and O–H groups in total. The molecule has 0 spiro atoms. The Balaban J connectivity index is 2.33. The molecule has 1 aromatic rings. The van der Waals surface area contributed by atoms with Crippen LogP contribution >= 0.6 is 0 Å². The van der Waals surface area contributed by atoms with Crippen LogP contribution in [-0.2, 0) is 9.53 Å². The first-order valence-electron chi connectivity index (χ1n) is 4.94. The standard InChI is InChI=1S/C11H9FO5/c1-2-15-11(14)10(13)6-3-8-9(4-7(6)12)17-5-16-8/h3-4H,2,5H2,1H3. The number of fused-ring (bicyclic) bond motifs is 1. The first-order valence-corrected chi connectivity index (χ1v) is 4.94. The Morgan fingerprint density at radius 1 is 1.35 bits per heavy atom. The molecule has 0 saturated carbocycles. The van der Waals surface area contributed by atoms with Crippen LogP contribution < -0.4 is 9.47 Å². The van der Waals surface area contributed by atoms with Crippen molar-refractivity contribution >= 4 is 11.8 Å². The minimum Gasteiger partial charge on any atom is -0.460 e. The maximum absolute atomic E-state index is 13.5. The highest BCUT2D eigenvalue weighted by molar-refractivity contribution is 6.40. The van der Waals surface area contributed by atoms with Crippen molar-refractivity contribution in [1.29, 1.82) is 0 Å². The number of ketones is 1. The number of carbonyl (C=O) groups is 2. The molecule has 0 atom stereocenters. The minimum absolute atomic E-state index is 0.0359. The lowest BCUT2D eigenvalue weighted by atomic mass is 10.1. The van der Waals surface area contributed by atoms with Crippen LogP contribution in [0.3, 0.4) is 0 Å². The zero-order valence-corrected chi connectivity index (χ0v) is 8.99. The van der Waals surface area contributed by atoms with Crippen molar-refractivity contribution in [3.8, 4) is 11.5 Å². The van der Waals surface area contributed by atoms with Crippen molar-refractivity contribution in [2.45, 2.75) is 6.92 Å². The summed E-state index contributed by atoms with van der Waals surface area (Å²) in [5, 5.41) is 0. The smallest absolute Gasteiger partial charge is 0.379 e. The van der Waals surface area contributed by atoms with E-state index in [2.05, 4.69) is 4.74 Å². The van der Waals surface area contributed by atoms with Crippen LogP contribution in [-0.4, -0.2) is 25.2 Å². The topological polar surface area (TPSA) is 61.8 Å². The van der Waals surface area contributed by atoms with Gasteiger partial charge in [-0.2, -0.15) is 0 Å². The van der Waals surface area contributed by atoms with E-state index in [1.54, 1.807) is 6.92 Å². The Bertz CT molecular complexity index is 483. The summed E-state index contributed by atoms with van der Waals surface area (Å²) in [6.07, 6.45) is 0. The number of hydrogen-bond acceptors (Lipinski definition) is 5. The molecule has 1 aromatic carbocycles. The summed E-state index contributed by atoms with van der Waals surface area (Å²) in [5.74, 6) is -2.53. The fraction of sp³-hybridized carbons (Fsp3) is 0.273. The van der Waals surface area contributed by atoms with Gasteiger partial charge in [0.1, 0.15) is 5.82 Å². The molecule has 0 aromatic heterocycles. The quantitative estimate of drug-likeness (QED) is 0.452. The summed E-state index contributed by atoms with van der Waals surface area (Å²) in [4.78, 5) is 22.7. The van der Waals surface area contributed by atoms with Gasteiger partial charge in [-0.3, -0.25) is 4.79 Å². The number of halogens is 1. The van der Waals surface area contributed by atoms with Crippen LogP contribution in [0.1, 0.15) is 17.3 Å². The molecule has 90 valence electrons. The van der Waals surface area contributed by atoms with Gasteiger partial charge in [-0.05, 0) is 13.0 Å². The molecule has 6 heteroatoms. The fourth-order valence-corrected chi connectivity index (χ4v) is 1.40. The second kappa shape index (κ2) is 4.40.